The predicted molar refractivity (Wildman–Crippen MR) is 63.4 cm³/mol. The zero-order valence-corrected chi connectivity index (χ0v) is 9.18. The molecular formula is C13H14N2O. The van der Waals surface area contributed by atoms with E-state index in [0.29, 0.717) is 0 Å². The van der Waals surface area contributed by atoms with Crippen molar-refractivity contribution in [3.8, 4) is 0 Å². The molecule has 0 aliphatic carbocycles. The fourth-order valence-corrected chi connectivity index (χ4v) is 1.75. The molecular weight excluding hydrogens is 200 g/mol. The number of rotatable bonds is 3. The van der Waals surface area contributed by atoms with E-state index < -0.39 is 0 Å². The Morgan fingerprint density at radius 1 is 1.25 bits per heavy atom. The third-order valence-corrected chi connectivity index (χ3v) is 2.61. The highest BCUT2D eigenvalue weighted by Crippen LogP contribution is 2.16. The van der Waals surface area contributed by atoms with Crippen LogP contribution < -0.4 is 5.69 Å². The zero-order valence-electron chi connectivity index (χ0n) is 9.18. The van der Waals surface area contributed by atoms with Crippen LogP contribution in [0.4, 0.5) is 0 Å². The minimum absolute atomic E-state index is 0.280. The van der Waals surface area contributed by atoms with E-state index in [-0.39, 0.29) is 11.6 Å². The van der Waals surface area contributed by atoms with Crippen molar-refractivity contribution in [1.82, 2.24) is 9.97 Å². The van der Waals surface area contributed by atoms with Gasteiger partial charge in [-0.1, -0.05) is 37.3 Å². The van der Waals surface area contributed by atoms with Crippen LogP contribution in [0.15, 0.2) is 47.4 Å². The van der Waals surface area contributed by atoms with E-state index in [1.54, 1.807) is 6.20 Å². The van der Waals surface area contributed by atoms with Gasteiger partial charge < -0.3 is 4.98 Å². The van der Waals surface area contributed by atoms with Crippen molar-refractivity contribution in [2.45, 2.75) is 19.3 Å². The maximum Gasteiger partial charge on any atom is 0.345 e. The summed E-state index contributed by atoms with van der Waals surface area (Å²) >= 11 is 0. The number of aromatic amines is 1. The van der Waals surface area contributed by atoms with Gasteiger partial charge in [-0.25, -0.2) is 9.78 Å². The van der Waals surface area contributed by atoms with E-state index in [2.05, 4.69) is 29.0 Å². The molecule has 1 unspecified atom stereocenters. The first-order valence-corrected chi connectivity index (χ1v) is 5.35. The van der Waals surface area contributed by atoms with Crippen molar-refractivity contribution in [2.24, 2.45) is 0 Å². The molecule has 0 radical (unpaired) electrons. The molecule has 16 heavy (non-hydrogen) atoms. The first-order valence-electron chi connectivity index (χ1n) is 5.35. The lowest BCUT2D eigenvalue weighted by Gasteiger charge is -2.10. The molecule has 2 aromatic rings. The molecule has 1 aromatic heterocycles. The predicted octanol–water partition coefficient (Wildman–Crippen LogP) is 2.12. The van der Waals surface area contributed by atoms with Gasteiger partial charge in [0.25, 0.3) is 0 Å². The molecule has 0 aliphatic heterocycles. The monoisotopic (exact) mass is 214 g/mol. The van der Waals surface area contributed by atoms with Gasteiger partial charge in [0.05, 0.1) is 0 Å². The molecule has 1 N–H and O–H groups in total. The van der Waals surface area contributed by atoms with Crippen molar-refractivity contribution in [1.29, 1.82) is 0 Å². The largest absolute Gasteiger partial charge is 0.345 e. The summed E-state index contributed by atoms with van der Waals surface area (Å²) in [5, 5.41) is 0. The van der Waals surface area contributed by atoms with Crippen LogP contribution in [-0.2, 0) is 6.42 Å². The fraction of sp³-hybridized carbons (Fsp3) is 0.231. The molecule has 0 spiro atoms. The van der Waals surface area contributed by atoms with E-state index in [0.717, 1.165) is 12.1 Å². The van der Waals surface area contributed by atoms with Gasteiger partial charge in [-0.2, -0.15) is 0 Å². The Hall–Kier alpha value is -1.90. The number of hydrogen-bond donors (Lipinski definition) is 1. The van der Waals surface area contributed by atoms with Gasteiger partial charge in [-0.3, -0.25) is 0 Å². The van der Waals surface area contributed by atoms with Crippen molar-refractivity contribution < 1.29 is 0 Å². The van der Waals surface area contributed by atoms with Gasteiger partial charge in [0, 0.05) is 17.8 Å². The lowest BCUT2D eigenvalue weighted by molar-refractivity contribution is 0.720. The van der Waals surface area contributed by atoms with Crippen LogP contribution in [0.25, 0.3) is 0 Å². The van der Waals surface area contributed by atoms with Crippen molar-refractivity contribution in [2.75, 3.05) is 0 Å². The van der Waals surface area contributed by atoms with E-state index in [4.69, 9.17) is 0 Å². The third kappa shape index (κ3) is 2.57. The van der Waals surface area contributed by atoms with E-state index in [1.165, 1.54) is 5.56 Å². The number of H-pyrrole nitrogens is 1. The first-order chi connectivity index (χ1) is 7.75. The summed E-state index contributed by atoms with van der Waals surface area (Å²) in [4.78, 5) is 17.5. The van der Waals surface area contributed by atoms with Crippen LogP contribution in [-0.4, -0.2) is 9.97 Å². The van der Waals surface area contributed by atoms with Gasteiger partial charge in [0.2, 0.25) is 0 Å². The summed E-state index contributed by atoms with van der Waals surface area (Å²) < 4.78 is 0. The van der Waals surface area contributed by atoms with Crippen molar-refractivity contribution >= 4 is 0 Å². The third-order valence-electron chi connectivity index (χ3n) is 2.61. The number of hydrogen-bond acceptors (Lipinski definition) is 2. The summed E-state index contributed by atoms with van der Waals surface area (Å²) in [6.45, 7) is 2.10. The summed E-state index contributed by atoms with van der Waals surface area (Å²) in [7, 11) is 0. The molecule has 0 saturated carbocycles. The Balaban J connectivity index is 2.15. The molecule has 0 amide bonds. The average Bonchev–Trinajstić information content (AvgIpc) is 2.30. The lowest BCUT2D eigenvalue weighted by atomic mass is 9.98. The summed E-state index contributed by atoms with van der Waals surface area (Å²) in [5.74, 6) is 0.290. The van der Waals surface area contributed by atoms with Crippen molar-refractivity contribution in [3.05, 3.63) is 64.3 Å². The Bertz CT molecular complexity index is 505. The summed E-state index contributed by atoms with van der Waals surface area (Å²) in [5.41, 5.74) is 1.92. The molecule has 1 atom stereocenters. The topological polar surface area (TPSA) is 45.8 Å². The standard InChI is InChI=1S/C13H14N2O/c1-10(9-11-5-3-2-4-6-11)12-7-8-14-13(16)15-12/h2-8,10H,9H2,1H3,(H,14,15,16). The lowest BCUT2D eigenvalue weighted by Crippen LogP contribution is -2.13. The minimum atomic E-state index is -0.280. The van der Waals surface area contributed by atoms with Crippen molar-refractivity contribution in [3.63, 3.8) is 0 Å². The number of nitrogens with zero attached hydrogens (tertiary/aromatic N) is 1. The molecule has 0 bridgehead atoms. The van der Waals surface area contributed by atoms with E-state index in [1.807, 2.05) is 24.3 Å². The summed E-state index contributed by atoms with van der Waals surface area (Å²) in [6.07, 6.45) is 2.47. The highest BCUT2D eigenvalue weighted by atomic mass is 16.1. The maximum absolute atomic E-state index is 11.1. The first kappa shape index (κ1) is 10.6. The quantitative estimate of drug-likeness (QED) is 0.850. The highest BCUT2D eigenvalue weighted by Gasteiger charge is 2.07. The Morgan fingerprint density at radius 2 is 2.00 bits per heavy atom. The van der Waals surface area contributed by atoms with Gasteiger partial charge in [-0.15, -0.1) is 0 Å². The molecule has 2 rings (SSSR count). The Morgan fingerprint density at radius 3 is 2.69 bits per heavy atom. The van der Waals surface area contributed by atoms with Gasteiger partial charge in [-0.05, 0) is 18.1 Å². The number of benzene rings is 1. The van der Waals surface area contributed by atoms with Crippen LogP contribution in [0.1, 0.15) is 24.1 Å². The highest BCUT2D eigenvalue weighted by molar-refractivity contribution is 5.18. The smallest absolute Gasteiger partial charge is 0.310 e. The van der Waals surface area contributed by atoms with Gasteiger partial charge in [0.15, 0.2) is 0 Å². The molecule has 82 valence electrons. The van der Waals surface area contributed by atoms with Crippen LogP contribution in [0.5, 0.6) is 0 Å². The van der Waals surface area contributed by atoms with E-state index in [9.17, 15) is 4.79 Å². The molecule has 0 aliphatic rings. The van der Waals surface area contributed by atoms with Gasteiger partial charge >= 0.3 is 5.69 Å². The second-order valence-electron chi connectivity index (χ2n) is 3.92. The molecule has 3 heteroatoms. The molecule has 0 saturated heterocycles. The van der Waals surface area contributed by atoms with Crippen LogP contribution in [0.3, 0.4) is 0 Å². The average molecular weight is 214 g/mol. The SMILES string of the molecule is CC(Cc1ccccc1)c1ccnc(=O)[nH]1. The van der Waals surface area contributed by atoms with Crippen LogP contribution in [0.2, 0.25) is 0 Å². The Kier molecular flexibility index (Phi) is 3.15. The molecule has 0 fully saturated rings. The number of aromatic nitrogens is 2. The second-order valence-corrected chi connectivity index (χ2v) is 3.92. The molecule has 3 nitrogen and oxygen atoms in total. The van der Waals surface area contributed by atoms with Gasteiger partial charge in [0.1, 0.15) is 0 Å². The number of nitrogens with one attached hydrogen (secondary N) is 1. The van der Waals surface area contributed by atoms with Crippen LogP contribution in [0, 0.1) is 0 Å². The summed E-state index contributed by atoms with van der Waals surface area (Å²) in [6, 6.07) is 12.1. The van der Waals surface area contributed by atoms with Crippen LogP contribution >= 0.6 is 0 Å². The molecule has 1 aromatic carbocycles. The molecule has 1 heterocycles. The Labute approximate surface area is 94.2 Å². The minimum Gasteiger partial charge on any atom is -0.310 e. The normalized spacial score (nSPS) is 12.3. The zero-order chi connectivity index (χ0) is 11.4. The second kappa shape index (κ2) is 4.75. The maximum atomic E-state index is 11.1. The fourth-order valence-electron chi connectivity index (χ4n) is 1.75. The van der Waals surface area contributed by atoms with E-state index >= 15 is 0 Å².